The molecule has 0 atom stereocenters. The molecule has 0 radical (unpaired) electrons. The molecule has 0 aromatic heterocycles. The van der Waals surface area contributed by atoms with Gasteiger partial charge in [0.2, 0.25) is 18.1 Å². The Bertz CT molecular complexity index is 2750. The van der Waals surface area contributed by atoms with Gasteiger partial charge in [-0.05, 0) is 151 Å². The van der Waals surface area contributed by atoms with E-state index in [9.17, 15) is 9.59 Å². The van der Waals surface area contributed by atoms with E-state index in [1.807, 2.05) is 60.7 Å². The van der Waals surface area contributed by atoms with E-state index in [1.165, 1.54) is 6.92 Å². The van der Waals surface area contributed by atoms with Crippen LogP contribution in [0.1, 0.15) is 102 Å². The Morgan fingerprint density at radius 2 is 0.848 bits per heavy atom. The average Bonchev–Trinajstić information content (AvgIpc) is 3.74. The fourth-order valence-corrected chi connectivity index (χ4v) is 10.3. The Morgan fingerprint density at radius 1 is 0.494 bits per heavy atom. The molecule has 0 heterocycles. The molecule has 0 spiro atoms. The van der Waals surface area contributed by atoms with Crippen LogP contribution in [0.15, 0.2) is 71.0 Å². The topological polar surface area (TPSA) is 190 Å². The smallest absolute Gasteiger partial charge is 0.344 e. The number of carbonyl (C=O) groups is 2. The van der Waals surface area contributed by atoms with Crippen LogP contribution in [0, 0.1) is 0 Å². The number of aliphatic carboxylic acids is 1. The van der Waals surface area contributed by atoms with Crippen LogP contribution in [0.2, 0.25) is 36.3 Å². The molecule has 4 aromatic carbocycles. The highest BCUT2D eigenvalue weighted by molar-refractivity contribution is 6.75. The third-order valence-corrected chi connectivity index (χ3v) is 23.1. The van der Waals surface area contributed by atoms with Crippen LogP contribution in [-0.4, -0.2) is 115 Å². The molecule has 2 aliphatic carbocycles. The van der Waals surface area contributed by atoms with E-state index in [0.29, 0.717) is 94.6 Å². The highest BCUT2D eigenvalue weighted by Crippen LogP contribution is 2.50. The first kappa shape index (κ1) is 64.4. The molecule has 0 fully saturated rings. The summed E-state index contributed by atoms with van der Waals surface area (Å²) >= 11 is 0. The van der Waals surface area contributed by atoms with Crippen molar-refractivity contribution in [2.75, 3.05) is 70.1 Å². The molecular formula is C60H84N2O15Si2. The second-order valence-electron chi connectivity index (χ2n) is 21.7. The Labute approximate surface area is 470 Å². The number of hydrogen-bond acceptors (Lipinski definition) is 16. The van der Waals surface area contributed by atoms with Crippen molar-refractivity contribution in [3.63, 3.8) is 0 Å². The van der Waals surface area contributed by atoms with Gasteiger partial charge in [-0.25, -0.2) is 4.79 Å². The SMILES string of the molecule is C.COc1ccc(C2=C/C(=N/OCC(=O)O)CCc3c2cc(OC)c(OC)c3OC)cc1O[Si](C)(C)C(C)(C)C.COc1ccc(C2=C/C(=N/OCC(C)=O)CCc3c2cc(OC)c(OC)c3OC)cc1O[Si](C)(C)C(C)(C)C. The summed E-state index contributed by atoms with van der Waals surface area (Å²) in [5.41, 5.74) is 8.41. The monoisotopic (exact) mass is 1130 g/mol. The fraction of sp³-hybridized carbons (Fsp3) is 0.467. The van der Waals surface area contributed by atoms with E-state index in [2.05, 4.69) is 78.0 Å². The van der Waals surface area contributed by atoms with E-state index in [0.717, 1.165) is 44.5 Å². The molecule has 6 rings (SSSR count). The Balaban J connectivity index is 0.000000336. The Hall–Kier alpha value is -7.13. The number of carbonyl (C=O) groups excluding carboxylic acids is 1. The van der Waals surface area contributed by atoms with Crippen LogP contribution < -0.4 is 46.7 Å². The zero-order valence-corrected chi connectivity index (χ0v) is 51.1. The minimum atomic E-state index is -2.19. The number of oxime groups is 2. The van der Waals surface area contributed by atoms with Crippen molar-refractivity contribution in [3.8, 4) is 57.5 Å². The maximum Gasteiger partial charge on any atom is 0.344 e. The summed E-state index contributed by atoms with van der Waals surface area (Å²) in [6.45, 7) is 22.8. The fourth-order valence-electron chi connectivity index (χ4n) is 8.25. The maximum absolute atomic E-state index is 11.4. The quantitative estimate of drug-likeness (QED) is 0.0649. The van der Waals surface area contributed by atoms with Gasteiger partial charge in [0.15, 0.2) is 46.9 Å². The third-order valence-electron chi connectivity index (χ3n) is 14.4. The Kier molecular flexibility index (Phi) is 22.1. The molecule has 19 heteroatoms. The molecular weight excluding hydrogens is 1040 g/mol. The molecule has 0 saturated carbocycles. The molecule has 17 nitrogen and oxygen atoms in total. The molecule has 2 aliphatic rings. The van der Waals surface area contributed by atoms with Gasteiger partial charge in [0, 0.05) is 11.1 Å². The van der Waals surface area contributed by atoms with Crippen LogP contribution in [0.5, 0.6) is 57.5 Å². The second-order valence-corrected chi connectivity index (χ2v) is 31.2. The number of benzene rings is 4. The summed E-state index contributed by atoms with van der Waals surface area (Å²) in [5, 5.41) is 17.4. The second kappa shape index (κ2) is 27.2. The van der Waals surface area contributed by atoms with Gasteiger partial charge in [0.25, 0.3) is 16.6 Å². The van der Waals surface area contributed by atoms with Gasteiger partial charge < -0.3 is 61.5 Å². The van der Waals surface area contributed by atoms with Crippen molar-refractivity contribution >= 4 is 51.0 Å². The molecule has 0 aliphatic heterocycles. The van der Waals surface area contributed by atoms with Crippen molar-refractivity contribution in [3.05, 3.63) is 94.1 Å². The van der Waals surface area contributed by atoms with Crippen molar-refractivity contribution in [1.29, 1.82) is 0 Å². The molecule has 432 valence electrons. The first-order valence-corrected chi connectivity index (χ1v) is 31.5. The van der Waals surface area contributed by atoms with Gasteiger partial charge in [-0.3, -0.25) is 4.79 Å². The van der Waals surface area contributed by atoms with Crippen LogP contribution in [0.3, 0.4) is 0 Å². The van der Waals surface area contributed by atoms with Crippen LogP contribution in [-0.2, 0) is 32.1 Å². The number of nitrogens with zero attached hydrogens (tertiary/aromatic N) is 2. The molecule has 1 N–H and O–H groups in total. The number of hydrogen-bond donors (Lipinski definition) is 1. The molecule has 0 unspecified atom stereocenters. The van der Waals surface area contributed by atoms with Gasteiger partial charge in [-0.1, -0.05) is 71.4 Å². The largest absolute Gasteiger partial charge is 0.541 e. The average molecular weight is 1130 g/mol. The standard InChI is InChI=1S/C30H41NO7Si.C29H39NO8Si.CH4/c1-19(32)18-37-31-21-12-13-22-24(17-27(34-6)29(36-8)28(22)35-7)23(16-21)20-11-14-25(33-5)26(15-20)38-39(9,10)30(2,3)4;1-29(2,3)39(8,9)38-24-14-18(10-13-23(24)33-4)21-15-19(30-37-17-26(31)32)11-12-20-22(21)16-25(34-5)28(36-7)27(20)35-6;/h11,14-17H,12-13,18H2,1-10H3;10,13-16H,11-12,17H2,1-9H3,(H,31,32);1H4/b31-21+;30-19+;. The lowest BCUT2D eigenvalue weighted by molar-refractivity contribution is -0.142. The predicted molar refractivity (Wildman–Crippen MR) is 316 cm³/mol. The third kappa shape index (κ3) is 15.2. The molecule has 4 aromatic rings. The molecule has 0 bridgehead atoms. The minimum absolute atomic E-state index is 0. The summed E-state index contributed by atoms with van der Waals surface area (Å²) in [4.78, 5) is 32.9. The van der Waals surface area contributed by atoms with Crippen LogP contribution in [0.25, 0.3) is 11.1 Å². The van der Waals surface area contributed by atoms with Crippen molar-refractivity contribution in [2.45, 2.75) is 118 Å². The molecule has 0 amide bonds. The number of ether oxygens (including phenoxy) is 8. The van der Waals surface area contributed by atoms with Gasteiger partial charge >= 0.3 is 5.97 Å². The minimum Gasteiger partial charge on any atom is -0.541 e. The molecule has 79 heavy (non-hydrogen) atoms. The zero-order chi connectivity index (χ0) is 57.9. The highest BCUT2D eigenvalue weighted by atomic mass is 28.4. The molecule has 0 saturated heterocycles. The van der Waals surface area contributed by atoms with Crippen molar-refractivity contribution in [2.24, 2.45) is 10.3 Å². The first-order valence-electron chi connectivity index (χ1n) is 25.6. The summed E-state index contributed by atoms with van der Waals surface area (Å²) in [5.74, 6) is 4.73. The number of rotatable bonds is 20. The highest BCUT2D eigenvalue weighted by Gasteiger charge is 2.41. The van der Waals surface area contributed by atoms with Gasteiger partial charge in [0.05, 0.1) is 68.3 Å². The van der Waals surface area contributed by atoms with E-state index >= 15 is 0 Å². The number of carboxylic acids is 1. The van der Waals surface area contributed by atoms with E-state index in [1.54, 1.807) is 56.9 Å². The number of methoxy groups -OCH3 is 8. The lowest BCUT2D eigenvalue weighted by Crippen LogP contribution is -2.43. The number of Topliss-reactive ketones (excluding diaryl/α,β-unsaturated/α-hetero) is 1. The van der Waals surface area contributed by atoms with E-state index in [4.69, 9.17) is 61.5 Å². The number of allylic oxidation sites excluding steroid dienone is 2. The number of fused-ring (bicyclic) bond motifs is 2. The van der Waals surface area contributed by atoms with Crippen molar-refractivity contribution < 1.29 is 71.1 Å². The number of carboxylic acid groups (broad SMARTS) is 1. The summed E-state index contributed by atoms with van der Waals surface area (Å²) in [6, 6.07) is 15.6. The van der Waals surface area contributed by atoms with E-state index in [-0.39, 0.29) is 29.9 Å². The van der Waals surface area contributed by atoms with Gasteiger partial charge in [-0.2, -0.15) is 0 Å². The summed E-state index contributed by atoms with van der Waals surface area (Å²) in [6.07, 6.45) is 6.11. The Morgan fingerprint density at radius 3 is 1.15 bits per heavy atom. The zero-order valence-electron chi connectivity index (χ0n) is 49.1. The van der Waals surface area contributed by atoms with Crippen LogP contribution >= 0.6 is 0 Å². The maximum atomic E-state index is 11.4. The summed E-state index contributed by atoms with van der Waals surface area (Å²) < 4.78 is 59.0. The predicted octanol–water partition coefficient (Wildman–Crippen LogP) is 13.0. The van der Waals surface area contributed by atoms with E-state index < -0.39 is 29.2 Å². The van der Waals surface area contributed by atoms with Crippen LogP contribution in [0.4, 0.5) is 0 Å². The van der Waals surface area contributed by atoms with Gasteiger partial charge in [-0.15, -0.1) is 0 Å². The normalized spacial score (nSPS) is 14.4. The van der Waals surface area contributed by atoms with Gasteiger partial charge in [0.1, 0.15) is 11.5 Å². The first-order chi connectivity index (χ1) is 36.7. The summed E-state index contributed by atoms with van der Waals surface area (Å²) in [7, 11) is 8.48. The lowest BCUT2D eigenvalue weighted by Gasteiger charge is -2.37. The van der Waals surface area contributed by atoms with Crippen molar-refractivity contribution in [1.82, 2.24) is 0 Å². The number of ketones is 1. The lowest BCUT2D eigenvalue weighted by atomic mass is 9.92.